The summed E-state index contributed by atoms with van der Waals surface area (Å²) < 4.78 is 5.01. The standard InChI is InChI=1S/C52H34N2S/c1-2-14-37-33-38(28-27-35(37)13-1)36-29-31-39(32-30-36)53(40-15-11-16-41(34-40)54-48-23-8-3-17-42(48)43-18-4-9-24-49(43)54)47-22-7-5-19-44(47)45-21-12-26-51-52(45)46-20-6-10-25-50(46)55-51/h1-34H. The van der Waals surface area contributed by atoms with Crippen LogP contribution >= 0.6 is 11.3 Å². The van der Waals surface area contributed by atoms with Gasteiger partial charge in [0, 0.05) is 53.6 Å². The Hall–Kier alpha value is -6.94. The smallest absolute Gasteiger partial charge is 0.0541 e. The van der Waals surface area contributed by atoms with Crippen molar-refractivity contribution in [2.24, 2.45) is 0 Å². The van der Waals surface area contributed by atoms with Gasteiger partial charge < -0.3 is 9.47 Å². The van der Waals surface area contributed by atoms with E-state index in [0.29, 0.717) is 0 Å². The van der Waals surface area contributed by atoms with Crippen molar-refractivity contribution in [3.63, 3.8) is 0 Å². The van der Waals surface area contributed by atoms with Crippen molar-refractivity contribution in [2.45, 2.75) is 0 Å². The number of rotatable bonds is 6. The van der Waals surface area contributed by atoms with E-state index in [0.717, 1.165) is 22.7 Å². The molecule has 55 heavy (non-hydrogen) atoms. The molecule has 9 aromatic carbocycles. The Morgan fingerprint density at radius 1 is 0.382 bits per heavy atom. The van der Waals surface area contributed by atoms with Crippen LogP contribution < -0.4 is 4.90 Å². The second-order valence-corrected chi connectivity index (χ2v) is 15.2. The first-order valence-corrected chi connectivity index (χ1v) is 19.6. The molecule has 0 saturated heterocycles. The first kappa shape index (κ1) is 31.6. The van der Waals surface area contributed by atoms with E-state index in [1.807, 2.05) is 11.3 Å². The van der Waals surface area contributed by atoms with Crippen molar-refractivity contribution in [1.29, 1.82) is 0 Å². The number of para-hydroxylation sites is 3. The van der Waals surface area contributed by atoms with Gasteiger partial charge in [0.15, 0.2) is 0 Å². The lowest BCUT2D eigenvalue weighted by molar-refractivity contribution is 1.17. The maximum atomic E-state index is 2.43. The van der Waals surface area contributed by atoms with Gasteiger partial charge in [0.05, 0.1) is 16.7 Å². The van der Waals surface area contributed by atoms with Crippen molar-refractivity contribution >= 4 is 81.1 Å². The van der Waals surface area contributed by atoms with Crippen LogP contribution in [0.25, 0.3) is 80.7 Å². The number of benzene rings is 9. The fourth-order valence-corrected chi connectivity index (χ4v) is 9.60. The largest absolute Gasteiger partial charge is 0.310 e. The van der Waals surface area contributed by atoms with Crippen LogP contribution in [0.1, 0.15) is 0 Å². The molecule has 2 heterocycles. The van der Waals surface area contributed by atoms with E-state index >= 15 is 0 Å². The molecule has 0 fully saturated rings. The zero-order valence-corrected chi connectivity index (χ0v) is 30.7. The molecule has 0 amide bonds. The Bertz CT molecular complexity index is 3170. The third kappa shape index (κ3) is 5.24. The van der Waals surface area contributed by atoms with Crippen LogP contribution in [0, 0.1) is 0 Å². The predicted octanol–water partition coefficient (Wildman–Crippen LogP) is 15.1. The second kappa shape index (κ2) is 12.9. The lowest BCUT2D eigenvalue weighted by atomic mass is 9.96. The molecule has 2 nitrogen and oxygen atoms in total. The Morgan fingerprint density at radius 2 is 1.00 bits per heavy atom. The van der Waals surface area contributed by atoms with Gasteiger partial charge in [-0.05, 0) is 94.2 Å². The van der Waals surface area contributed by atoms with Crippen molar-refractivity contribution in [1.82, 2.24) is 4.57 Å². The third-order valence-electron chi connectivity index (χ3n) is 11.0. The highest BCUT2D eigenvalue weighted by Gasteiger charge is 2.21. The van der Waals surface area contributed by atoms with Crippen molar-refractivity contribution < 1.29 is 0 Å². The van der Waals surface area contributed by atoms with Gasteiger partial charge in [-0.3, -0.25) is 0 Å². The molecule has 0 aliphatic heterocycles. The molecule has 11 aromatic rings. The Kier molecular flexibility index (Phi) is 7.39. The summed E-state index contributed by atoms with van der Waals surface area (Å²) >= 11 is 1.86. The van der Waals surface area contributed by atoms with Crippen LogP contribution in [0.3, 0.4) is 0 Å². The first-order chi connectivity index (χ1) is 27.3. The monoisotopic (exact) mass is 718 g/mol. The highest BCUT2D eigenvalue weighted by molar-refractivity contribution is 7.25. The summed E-state index contributed by atoms with van der Waals surface area (Å²) in [5.74, 6) is 0. The van der Waals surface area contributed by atoms with Crippen LogP contribution in [0.5, 0.6) is 0 Å². The topological polar surface area (TPSA) is 8.17 Å². The van der Waals surface area contributed by atoms with Crippen molar-refractivity contribution in [2.75, 3.05) is 4.90 Å². The summed E-state index contributed by atoms with van der Waals surface area (Å²) in [6.07, 6.45) is 0. The van der Waals surface area contributed by atoms with Crippen LogP contribution in [-0.2, 0) is 0 Å². The quantitative estimate of drug-likeness (QED) is 0.166. The number of fused-ring (bicyclic) bond motifs is 7. The van der Waals surface area contributed by atoms with Crippen LogP contribution in [0.2, 0.25) is 0 Å². The van der Waals surface area contributed by atoms with Crippen molar-refractivity contribution in [3.8, 4) is 27.9 Å². The molecule has 0 N–H and O–H groups in total. The van der Waals surface area contributed by atoms with E-state index < -0.39 is 0 Å². The van der Waals surface area contributed by atoms with Gasteiger partial charge in [-0.1, -0.05) is 140 Å². The molecule has 0 radical (unpaired) electrons. The minimum atomic E-state index is 1.09. The molecular weight excluding hydrogens is 685 g/mol. The van der Waals surface area contributed by atoms with Gasteiger partial charge in [0.25, 0.3) is 0 Å². The summed E-state index contributed by atoms with van der Waals surface area (Å²) in [5.41, 5.74) is 11.7. The summed E-state index contributed by atoms with van der Waals surface area (Å²) in [6, 6.07) is 75.2. The normalized spacial score (nSPS) is 11.6. The zero-order valence-electron chi connectivity index (χ0n) is 29.9. The lowest BCUT2D eigenvalue weighted by Crippen LogP contribution is -2.12. The SMILES string of the molecule is c1cc(N(c2ccc(-c3ccc4ccccc4c3)cc2)c2ccccc2-c2cccc3sc4ccccc4c23)cc(-n2c3ccccc3c3ccccc32)c1. The molecule has 0 saturated carbocycles. The van der Waals surface area contributed by atoms with Gasteiger partial charge in [0.1, 0.15) is 0 Å². The number of hydrogen-bond donors (Lipinski definition) is 0. The van der Waals surface area contributed by atoms with Gasteiger partial charge >= 0.3 is 0 Å². The fraction of sp³-hybridized carbons (Fsp3) is 0. The summed E-state index contributed by atoms with van der Waals surface area (Å²) in [6.45, 7) is 0. The number of nitrogens with zero attached hydrogens (tertiary/aromatic N) is 2. The zero-order chi connectivity index (χ0) is 36.3. The van der Waals surface area contributed by atoms with Crippen LogP contribution in [-0.4, -0.2) is 4.57 Å². The molecule has 11 rings (SSSR count). The van der Waals surface area contributed by atoms with E-state index in [2.05, 4.69) is 216 Å². The van der Waals surface area contributed by atoms with Gasteiger partial charge in [0.2, 0.25) is 0 Å². The maximum Gasteiger partial charge on any atom is 0.0541 e. The van der Waals surface area contributed by atoms with Gasteiger partial charge in [-0.2, -0.15) is 0 Å². The lowest BCUT2D eigenvalue weighted by Gasteiger charge is -2.29. The minimum Gasteiger partial charge on any atom is -0.310 e. The van der Waals surface area contributed by atoms with Crippen molar-refractivity contribution in [3.05, 3.63) is 206 Å². The highest BCUT2D eigenvalue weighted by Crippen LogP contribution is 2.46. The number of thiophene rings is 1. The minimum absolute atomic E-state index is 1.09. The van der Waals surface area contributed by atoms with E-state index in [4.69, 9.17) is 0 Å². The molecule has 3 heteroatoms. The fourth-order valence-electron chi connectivity index (χ4n) is 8.47. The predicted molar refractivity (Wildman–Crippen MR) is 237 cm³/mol. The molecule has 0 aliphatic rings. The highest BCUT2D eigenvalue weighted by atomic mass is 32.1. The molecule has 0 aliphatic carbocycles. The molecular formula is C52H34N2S. The number of aromatic nitrogens is 1. The Morgan fingerprint density at radius 3 is 1.82 bits per heavy atom. The van der Waals surface area contributed by atoms with E-state index in [9.17, 15) is 0 Å². The second-order valence-electron chi connectivity index (χ2n) is 14.1. The average molecular weight is 719 g/mol. The van der Waals surface area contributed by atoms with Crippen LogP contribution in [0.4, 0.5) is 17.1 Å². The molecule has 258 valence electrons. The van der Waals surface area contributed by atoms with E-state index in [-0.39, 0.29) is 0 Å². The molecule has 0 unspecified atom stereocenters. The summed E-state index contributed by atoms with van der Waals surface area (Å²) in [4.78, 5) is 2.43. The number of anilines is 3. The van der Waals surface area contributed by atoms with Crippen LogP contribution in [0.15, 0.2) is 206 Å². The maximum absolute atomic E-state index is 2.43. The van der Waals surface area contributed by atoms with E-state index in [1.165, 1.54) is 75.0 Å². The molecule has 0 bridgehead atoms. The Labute approximate surface area is 323 Å². The van der Waals surface area contributed by atoms with Gasteiger partial charge in [-0.15, -0.1) is 11.3 Å². The summed E-state index contributed by atoms with van der Waals surface area (Å²) in [5, 5.41) is 7.62. The number of hydrogen-bond acceptors (Lipinski definition) is 2. The molecule has 0 spiro atoms. The summed E-state index contributed by atoms with van der Waals surface area (Å²) in [7, 11) is 0. The van der Waals surface area contributed by atoms with Gasteiger partial charge in [-0.25, -0.2) is 0 Å². The average Bonchev–Trinajstić information content (AvgIpc) is 3.80. The molecule has 0 atom stereocenters. The van der Waals surface area contributed by atoms with E-state index in [1.54, 1.807) is 0 Å². The third-order valence-corrected chi connectivity index (χ3v) is 12.1. The molecule has 2 aromatic heterocycles. The Balaban J connectivity index is 1.12. The first-order valence-electron chi connectivity index (χ1n) is 18.8.